The fourth-order valence-electron chi connectivity index (χ4n) is 5.59. The van der Waals surface area contributed by atoms with E-state index >= 15 is 0 Å². The maximum absolute atomic E-state index is 13.3. The molecule has 278 valence electrons. The largest absolute Gasteiger partial charge is 0.471 e. The Labute approximate surface area is 298 Å². The lowest BCUT2D eigenvalue weighted by Crippen LogP contribution is -2.45. The molecule has 2 unspecified atom stereocenters. The Kier molecular flexibility index (Phi) is 11.1. The highest BCUT2D eigenvalue weighted by Gasteiger charge is 2.55. The van der Waals surface area contributed by atoms with E-state index in [4.69, 9.17) is 14.3 Å². The average Bonchev–Trinajstić information content (AvgIpc) is 3.51. The highest BCUT2D eigenvalue weighted by molar-refractivity contribution is 7.51. The van der Waals surface area contributed by atoms with Gasteiger partial charge in [-0.15, -0.1) is 0 Å². The SMILES string of the molecule is CP(=O)(O)OCN1C(=O)NC(c2ccc(F)cc2)(c2ccc(F)cc2)C1=O.O=C1NC(c2ccccc2)(c2ccc(F)cc2)C(=O)N1COP(=O)(O)O. The number of halogens is 3. The number of phosphoric ester groups is 1. The van der Waals surface area contributed by atoms with E-state index in [1.54, 1.807) is 30.3 Å². The maximum atomic E-state index is 13.3. The van der Waals surface area contributed by atoms with Gasteiger partial charge in [-0.2, -0.15) is 0 Å². The maximum Gasteiger partial charge on any atom is 0.471 e. The third-order valence-corrected chi connectivity index (χ3v) is 9.08. The smallest absolute Gasteiger partial charge is 0.324 e. The van der Waals surface area contributed by atoms with Crippen LogP contribution < -0.4 is 10.6 Å². The third kappa shape index (κ3) is 8.24. The number of hydrogen-bond acceptors (Lipinski definition) is 8. The topological polar surface area (TPSA) is 212 Å². The lowest BCUT2D eigenvalue weighted by molar-refractivity contribution is -0.133. The van der Waals surface area contributed by atoms with Gasteiger partial charge < -0.3 is 25.3 Å². The minimum atomic E-state index is -4.89. The molecule has 2 saturated heterocycles. The predicted octanol–water partition coefficient (Wildman–Crippen LogP) is 4.24. The van der Waals surface area contributed by atoms with E-state index in [9.17, 15) is 46.4 Å². The molecule has 2 aliphatic heterocycles. The van der Waals surface area contributed by atoms with Crippen molar-refractivity contribution in [1.82, 2.24) is 20.4 Å². The highest BCUT2D eigenvalue weighted by Crippen LogP contribution is 2.41. The zero-order valence-corrected chi connectivity index (χ0v) is 29.0. The number of hydrogen-bond donors (Lipinski definition) is 5. The van der Waals surface area contributed by atoms with E-state index in [2.05, 4.69) is 15.2 Å². The molecule has 2 atom stereocenters. The summed E-state index contributed by atoms with van der Waals surface area (Å²) in [6.07, 6.45) is 0. The summed E-state index contributed by atoms with van der Waals surface area (Å²) in [5, 5.41) is 5.05. The Morgan fingerprint density at radius 3 is 1.21 bits per heavy atom. The van der Waals surface area contributed by atoms with E-state index in [1.807, 2.05) is 0 Å². The summed E-state index contributed by atoms with van der Waals surface area (Å²) in [6, 6.07) is 21.2. The first-order chi connectivity index (χ1) is 24.9. The van der Waals surface area contributed by atoms with Gasteiger partial charge in [-0.1, -0.05) is 66.7 Å². The van der Waals surface area contributed by atoms with Gasteiger partial charge in [0.05, 0.1) is 0 Å². The molecule has 53 heavy (non-hydrogen) atoms. The second-order valence-corrected chi connectivity index (χ2v) is 14.6. The summed E-state index contributed by atoms with van der Waals surface area (Å²) >= 11 is 0. The number of amides is 6. The van der Waals surface area contributed by atoms with Gasteiger partial charge in [0.15, 0.2) is 11.1 Å². The minimum Gasteiger partial charge on any atom is -0.324 e. The normalized spacial score (nSPS) is 19.3. The van der Waals surface area contributed by atoms with Crippen molar-refractivity contribution in [2.45, 2.75) is 11.1 Å². The van der Waals surface area contributed by atoms with Crippen molar-refractivity contribution in [1.29, 1.82) is 0 Å². The van der Waals surface area contributed by atoms with Gasteiger partial charge in [-0.25, -0.2) is 37.1 Å². The van der Waals surface area contributed by atoms with Crippen molar-refractivity contribution in [2.75, 3.05) is 20.1 Å². The molecule has 2 heterocycles. The standard InChI is InChI=1S/C17H15F2N2O5P.C16H14FN2O6P/c1-27(24,25)26-10-21-15(22)17(20-16(21)23,11-2-6-13(18)7-3-11)12-4-8-14(19)9-5-12;17-13-8-6-12(7-9-13)16(11-4-2-1-3-5-11)14(20)19(15(21)18-16)10-25-26(22,23)24/h2-9H,10H2,1H3,(H,20,23)(H,24,25);1-9H,10H2,(H,18,21)(H2,22,23,24). The average molecular weight is 777 g/mol. The lowest BCUT2D eigenvalue weighted by Gasteiger charge is -2.28. The molecule has 0 bridgehead atoms. The van der Waals surface area contributed by atoms with Crippen LogP contribution in [0.2, 0.25) is 0 Å². The van der Waals surface area contributed by atoms with Crippen LogP contribution in [0.1, 0.15) is 22.3 Å². The molecule has 0 radical (unpaired) electrons. The van der Waals surface area contributed by atoms with Crippen LogP contribution in [-0.2, 0) is 38.8 Å². The molecule has 0 aliphatic carbocycles. The zero-order valence-electron chi connectivity index (χ0n) is 27.3. The number of rotatable bonds is 10. The first kappa shape index (κ1) is 39.0. The predicted molar refractivity (Wildman–Crippen MR) is 178 cm³/mol. The Bertz CT molecular complexity index is 2070. The Morgan fingerprint density at radius 1 is 0.566 bits per heavy atom. The first-order valence-corrected chi connectivity index (χ1v) is 18.7. The van der Waals surface area contributed by atoms with E-state index in [-0.39, 0.29) is 11.1 Å². The second-order valence-electron chi connectivity index (χ2n) is 11.5. The molecule has 6 rings (SSSR count). The van der Waals surface area contributed by atoms with Crippen LogP contribution in [0, 0.1) is 17.5 Å². The molecule has 4 aromatic rings. The number of urea groups is 2. The summed E-state index contributed by atoms with van der Waals surface area (Å²) in [4.78, 5) is 79.0. The van der Waals surface area contributed by atoms with E-state index in [0.717, 1.165) is 43.1 Å². The number of imide groups is 2. The van der Waals surface area contributed by atoms with Crippen molar-refractivity contribution in [3.63, 3.8) is 0 Å². The molecule has 15 nitrogen and oxygen atoms in total. The molecule has 2 aliphatic rings. The molecule has 20 heteroatoms. The van der Waals surface area contributed by atoms with E-state index < -0.39 is 81.3 Å². The van der Waals surface area contributed by atoms with Crippen LogP contribution in [0.3, 0.4) is 0 Å². The van der Waals surface area contributed by atoms with Crippen LogP contribution in [-0.4, -0.2) is 68.5 Å². The second kappa shape index (κ2) is 15.0. The highest BCUT2D eigenvalue weighted by atomic mass is 31.2. The van der Waals surface area contributed by atoms with Crippen LogP contribution in [0.15, 0.2) is 103 Å². The van der Waals surface area contributed by atoms with Crippen LogP contribution in [0.25, 0.3) is 0 Å². The Hall–Kier alpha value is -5.19. The summed E-state index contributed by atoms with van der Waals surface area (Å²) < 4.78 is 71.2. The van der Waals surface area contributed by atoms with Crippen molar-refractivity contribution in [3.8, 4) is 0 Å². The summed E-state index contributed by atoms with van der Waals surface area (Å²) in [5.41, 5.74) is -2.25. The number of nitrogens with one attached hydrogen (secondary N) is 2. The van der Waals surface area contributed by atoms with E-state index in [1.165, 1.54) is 36.4 Å². The van der Waals surface area contributed by atoms with Gasteiger partial charge in [0.2, 0.25) is 0 Å². The van der Waals surface area contributed by atoms with Gasteiger partial charge in [0.1, 0.15) is 30.9 Å². The van der Waals surface area contributed by atoms with Crippen LogP contribution in [0.5, 0.6) is 0 Å². The Morgan fingerprint density at radius 2 is 0.887 bits per heavy atom. The minimum absolute atomic E-state index is 0.236. The van der Waals surface area contributed by atoms with Gasteiger partial charge in [-0.3, -0.25) is 23.2 Å². The molecular formula is C33H29F3N4O11P2. The number of nitrogens with zero attached hydrogens (tertiary/aromatic N) is 2. The van der Waals surface area contributed by atoms with Crippen LogP contribution in [0.4, 0.5) is 22.8 Å². The molecule has 0 saturated carbocycles. The van der Waals surface area contributed by atoms with Crippen LogP contribution >= 0.6 is 15.4 Å². The van der Waals surface area contributed by atoms with Gasteiger partial charge in [0, 0.05) is 6.66 Å². The third-order valence-electron chi connectivity index (χ3n) is 8.03. The van der Waals surface area contributed by atoms with Gasteiger partial charge >= 0.3 is 27.5 Å². The summed E-state index contributed by atoms with van der Waals surface area (Å²) in [6.45, 7) is -0.761. The monoisotopic (exact) mass is 776 g/mol. The van der Waals surface area contributed by atoms with Gasteiger partial charge in [-0.05, 0) is 58.7 Å². The fourth-order valence-corrected chi connectivity index (χ4v) is 6.18. The van der Waals surface area contributed by atoms with Crippen molar-refractivity contribution < 1.29 is 65.2 Å². The molecule has 2 fully saturated rings. The molecular weight excluding hydrogens is 747 g/mol. The summed E-state index contributed by atoms with van der Waals surface area (Å²) in [7, 11) is -8.83. The van der Waals surface area contributed by atoms with Crippen molar-refractivity contribution in [2.24, 2.45) is 0 Å². The van der Waals surface area contributed by atoms with E-state index in [0.29, 0.717) is 20.9 Å². The number of carbonyl (C=O) groups is 4. The first-order valence-electron chi connectivity index (χ1n) is 15.1. The molecule has 4 aromatic carbocycles. The lowest BCUT2D eigenvalue weighted by atomic mass is 9.82. The van der Waals surface area contributed by atoms with Gasteiger partial charge in [0.25, 0.3) is 11.8 Å². The zero-order chi connectivity index (χ0) is 38.8. The summed E-state index contributed by atoms with van der Waals surface area (Å²) in [5.74, 6) is -3.21. The number of benzene rings is 4. The number of phosphoric acid groups is 1. The molecule has 5 N–H and O–H groups in total. The van der Waals surface area contributed by atoms with Crippen molar-refractivity contribution >= 4 is 39.3 Å². The molecule has 0 spiro atoms. The number of carbonyl (C=O) groups excluding carboxylic acids is 4. The fraction of sp³-hybridized carbons (Fsp3) is 0.152. The quantitative estimate of drug-likeness (QED) is 0.114. The Balaban J connectivity index is 0.000000204. The molecule has 0 aromatic heterocycles. The molecule has 6 amide bonds. The van der Waals surface area contributed by atoms with Crippen molar-refractivity contribution in [3.05, 3.63) is 143 Å².